The molecule has 0 aromatic heterocycles. The molecule has 0 bridgehead atoms. The summed E-state index contributed by atoms with van der Waals surface area (Å²) < 4.78 is 5.36. The number of Topliss-reactive ketones (excluding diaryl/α,β-unsaturated/α-hetero) is 1. The van der Waals surface area contributed by atoms with Gasteiger partial charge in [0.1, 0.15) is 5.78 Å². The van der Waals surface area contributed by atoms with E-state index in [4.69, 9.17) is 4.74 Å². The van der Waals surface area contributed by atoms with Crippen molar-refractivity contribution >= 4 is 17.5 Å². The molecular formula is C25H25NO3. The highest BCUT2D eigenvalue weighted by Gasteiger charge is 2.43. The van der Waals surface area contributed by atoms with Gasteiger partial charge in [0.05, 0.1) is 18.1 Å². The molecule has 2 aromatic carbocycles. The summed E-state index contributed by atoms with van der Waals surface area (Å²) in [5.41, 5.74) is 5.22. The van der Waals surface area contributed by atoms with Gasteiger partial charge in [-0.1, -0.05) is 54.6 Å². The van der Waals surface area contributed by atoms with E-state index >= 15 is 0 Å². The molecule has 4 rings (SSSR count). The lowest BCUT2D eigenvalue weighted by Crippen LogP contribution is -2.39. The molecule has 1 aliphatic heterocycles. The van der Waals surface area contributed by atoms with Gasteiger partial charge in [-0.25, -0.2) is 4.79 Å². The SMILES string of the molecule is CCOC(=O)C1=C(C)N=C2CCCC(=O)C2C1c1cccc(-c2ccccc2)c1. The van der Waals surface area contributed by atoms with E-state index in [2.05, 4.69) is 29.3 Å². The van der Waals surface area contributed by atoms with E-state index in [1.54, 1.807) is 6.92 Å². The van der Waals surface area contributed by atoms with Crippen molar-refractivity contribution in [2.45, 2.75) is 39.0 Å². The summed E-state index contributed by atoms with van der Waals surface area (Å²) in [6.07, 6.45) is 2.17. The van der Waals surface area contributed by atoms with Gasteiger partial charge in [-0.05, 0) is 43.4 Å². The fraction of sp³-hybridized carbons (Fsp3) is 0.320. The van der Waals surface area contributed by atoms with Crippen LogP contribution >= 0.6 is 0 Å². The Morgan fingerprint density at radius 3 is 2.55 bits per heavy atom. The van der Waals surface area contributed by atoms with Crippen LogP contribution in [0.2, 0.25) is 0 Å². The molecular weight excluding hydrogens is 362 g/mol. The number of hydrogen-bond donors (Lipinski definition) is 0. The van der Waals surface area contributed by atoms with Crippen molar-refractivity contribution < 1.29 is 14.3 Å². The fourth-order valence-electron chi connectivity index (χ4n) is 4.50. The highest BCUT2D eigenvalue weighted by molar-refractivity contribution is 6.11. The molecule has 2 atom stereocenters. The highest BCUT2D eigenvalue weighted by Crippen LogP contribution is 2.43. The lowest BCUT2D eigenvalue weighted by molar-refractivity contribution is -0.139. The number of fused-ring (bicyclic) bond motifs is 1. The Kier molecular flexibility index (Phi) is 5.43. The Hall–Kier alpha value is -3.01. The summed E-state index contributed by atoms with van der Waals surface area (Å²) in [7, 11) is 0. The van der Waals surface area contributed by atoms with Gasteiger partial charge in [-0.15, -0.1) is 0 Å². The standard InChI is InChI=1S/C25H25NO3/c1-3-29-25(28)22-16(2)26-20-13-8-14-21(27)24(20)23(22)19-12-7-11-18(15-19)17-9-5-4-6-10-17/h4-7,9-12,15,23-24H,3,8,13-14H2,1-2H3. The van der Waals surface area contributed by atoms with Crippen LogP contribution < -0.4 is 0 Å². The van der Waals surface area contributed by atoms with Crippen molar-refractivity contribution in [1.82, 2.24) is 0 Å². The Bertz CT molecular complexity index is 1000. The number of rotatable bonds is 4. The summed E-state index contributed by atoms with van der Waals surface area (Å²) in [6.45, 7) is 3.94. The maximum atomic E-state index is 12.9. The average Bonchev–Trinajstić information content (AvgIpc) is 2.74. The maximum absolute atomic E-state index is 12.9. The number of aliphatic imine (C=N–C) groups is 1. The average molecular weight is 387 g/mol. The van der Waals surface area contributed by atoms with Crippen LogP contribution in [0.25, 0.3) is 11.1 Å². The zero-order valence-corrected chi connectivity index (χ0v) is 16.9. The first-order chi connectivity index (χ1) is 14.1. The Morgan fingerprint density at radius 2 is 1.79 bits per heavy atom. The molecule has 0 spiro atoms. The van der Waals surface area contributed by atoms with E-state index < -0.39 is 0 Å². The predicted octanol–water partition coefficient (Wildman–Crippen LogP) is 5.10. The number of nitrogens with zero attached hydrogens (tertiary/aromatic N) is 1. The van der Waals surface area contributed by atoms with Gasteiger partial charge in [0.25, 0.3) is 0 Å². The second-order valence-corrected chi connectivity index (χ2v) is 7.59. The van der Waals surface area contributed by atoms with Gasteiger partial charge < -0.3 is 4.74 Å². The molecule has 0 amide bonds. The minimum atomic E-state index is -0.377. The van der Waals surface area contributed by atoms with Crippen LogP contribution in [-0.4, -0.2) is 24.1 Å². The van der Waals surface area contributed by atoms with Gasteiger partial charge in [0, 0.05) is 23.7 Å². The molecule has 0 radical (unpaired) electrons. The monoisotopic (exact) mass is 387 g/mol. The van der Waals surface area contributed by atoms with Gasteiger partial charge in [-0.3, -0.25) is 9.79 Å². The zero-order chi connectivity index (χ0) is 20.4. The van der Waals surface area contributed by atoms with Crippen molar-refractivity contribution in [1.29, 1.82) is 0 Å². The number of esters is 1. The summed E-state index contributed by atoms with van der Waals surface area (Å²) in [6, 6.07) is 18.3. The van der Waals surface area contributed by atoms with Crippen LogP contribution in [-0.2, 0) is 14.3 Å². The van der Waals surface area contributed by atoms with E-state index in [9.17, 15) is 9.59 Å². The maximum Gasteiger partial charge on any atom is 0.336 e. The smallest absolute Gasteiger partial charge is 0.336 e. The molecule has 2 aliphatic rings. The van der Waals surface area contributed by atoms with Crippen LogP contribution in [0.4, 0.5) is 0 Å². The van der Waals surface area contributed by atoms with Crippen molar-refractivity contribution in [2.75, 3.05) is 6.61 Å². The summed E-state index contributed by atoms with van der Waals surface area (Å²) in [5.74, 6) is -0.934. The lowest BCUT2D eigenvalue weighted by atomic mass is 9.69. The topological polar surface area (TPSA) is 55.7 Å². The van der Waals surface area contributed by atoms with E-state index in [-0.39, 0.29) is 23.6 Å². The molecule has 4 nitrogen and oxygen atoms in total. The van der Waals surface area contributed by atoms with Crippen LogP contribution in [0.5, 0.6) is 0 Å². The molecule has 1 saturated carbocycles. The number of allylic oxidation sites excluding steroid dienone is 1. The number of benzene rings is 2. The van der Waals surface area contributed by atoms with E-state index in [0.717, 1.165) is 35.2 Å². The zero-order valence-electron chi connectivity index (χ0n) is 16.9. The molecule has 0 saturated heterocycles. The van der Waals surface area contributed by atoms with Crippen molar-refractivity contribution in [2.24, 2.45) is 10.9 Å². The molecule has 148 valence electrons. The van der Waals surface area contributed by atoms with Crippen molar-refractivity contribution in [3.63, 3.8) is 0 Å². The first-order valence-electron chi connectivity index (χ1n) is 10.2. The first kappa shape index (κ1) is 19.3. The van der Waals surface area contributed by atoms with Crippen molar-refractivity contribution in [3.8, 4) is 11.1 Å². The largest absolute Gasteiger partial charge is 0.463 e. The number of ether oxygens (including phenoxy) is 1. The van der Waals surface area contributed by atoms with Gasteiger partial charge in [-0.2, -0.15) is 0 Å². The first-order valence-corrected chi connectivity index (χ1v) is 10.2. The molecule has 4 heteroatoms. The second kappa shape index (κ2) is 8.16. The number of hydrogen-bond acceptors (Lipinski definition) is 4. The summed E-state index contributed by atoms with van der Waals surface area (Å²) in [4.78, 5) is 30.5. The third-order valence-corrected chi connectivity index (χ3v) is 5.76. The molecule has 0 N–H and O–H groups in total. The van der Waals surface area contributed by atoms with Gasteiger partial charge in [0.2, 0.25) is 0 Å². The third kappa shape index (κ3) is 3.67. The summed E-state index contributed by atoms with van der Waals surface area (Å²) in [5, 5.41) is 0. The number of ketones is 1. The molecule has 1 heterocycles. The fourth-order valence-corrected chi connectivity index (χ4v) is 4.50. The van der Waals surface area contributed by atoms with E-state index in [1.807, 2.05) is 37.3 Å². The van der Waals surface area contributed by atoms with Gasteiger partial charge in [0.15, 0.2) is 0 Å². The molecule has 2 unspecified atom stereocenters. The van der Waals surface area contributed by atoms with Crippen LogP contribution in [0.15, 0.2) is 70.9 Å². The molecule has 1 aliphatic carbocycles. The quantitative estimate of drug-likeness (QED) is 0.686. The van der Waals surface area contributed by atoms with E-state index in [1.165, 1.54) is 0 Å². The van der Waals surface area contributed by atoms with Crippen LogP contribution in [0, 0.1) is 5.92 Å². The molecule has 2 aromatic rings. The minimum absolute atomic E-state index is 0.166. The Balaban J connectivity index is 1.85. The minimum Gasteiger partial charge on any atom is -0.463 e. The molecule has 1 fully saturated rings. The summed E-state index contributed by atoms with van der Waals surface area (Å²) >= 11 is 0. The molecule has 29 heavy (non-hydrogen) atoms. The van der Waals surface area contributed by atoms with E-state index in [0.29, 0.717) is 24.3 Å². The number of carbonyl (C=O) groups is 2. The van der Waals surface area contributed by atoms with Crippen LogP contribution in [0.1, 0.15) is 44.6 Å². The predicted molar refractivity (Wildman–Crippen MR) is 114 cm³/mol. The van der Waals surface area contributed by atoms with Crippen LogP contribution in [0.3, 0.4) is 0 Å². The normalized spacial score (nSPS) is 21.4. The highest BCUT2D eigenvalue weighted by atomic mass is 16.5. The number of carbonyl (C=O) groups excluding carboxylic acids is 2. The second-order valence-electron chi connectivity index (χ2n) is 7.59. The Labute approximate surface area is 171 Å². The van der Waals surface area contributed by atoms with Gasteiger partial charge >= 0.3 is 5.97 Å². The third-order valence-electron chi connectivity index (χ3n) is 5.76. The van der Waals surface area contributed by atoms with Crippen molar-refractivity contribution in [3.05, 3.63) is 71.4 Å². The lowest BCUT2D eigenvalue weighted by Gasteiger charge is -2.35. The Morgan fingerprint density at radius 1 is 1.03 bits per heavy atom.